The molecular weight excluding hydrogens is 418 g/mol. The Hall–Kier alpha value is -4.10. The summed E-state index contributed by atoms with van der Waals surface area (Å²) in [6.07, 6.45) is 3.11. The first-order valence-corrected chi connectivity index (χ1v) is 11.8. The van der Waals surface area contributed by atoms with Crippen molar-refractivity contribution in [1.29, 1.82) is 5.26 Å². The van der Waals surface area contributed by atoms with Crippen LogP contribution in [0.1, 0.15) is 35.1 Å². The van der Waals surface area contributed by atoms with Crippen LogP contribution in [0.3, 0.4) is 0 Å². The van der Waals surface area contributed by atoms with Gasteiger partial charge in [0.2, 0.25) is 5.91 Å². The zero-order valence-electron chi connectivity index (χ0n) is 19.1. The highest BCUT2D eigenvalue weighted by Gasteiger charge is 2.22. The van der Waals surface area contributed by atoms with Gasteiger partial charge in [0.05, 0.1) is 11.6 Å². The van der Waals surface area contributed by atoms with E-state index in [1.54, 1.807) is 0 Å². The molecule has 0 aliphatic carbocycles. The number of hydrogen-bond donors (Lipinski definition) is 1. The number of fused-ring (bicyclic) bond motifs is 2. The minimum Gasteiger partial charge on any atom is -0.381 e. The van der Waals surface area contributed by atoms with Gasteiger partial charge < -0.3 is 10.2 Å². The van der Waals surface area contributed by atoms with Gasteiger partial charge in [-0.2, -0.15) is 5.26 Å². The quantitative estimate of drug-likeness (QED) is 0.382. The Bertz CT molecular complexity index is 1360. The molecule has 0 aromatic heterocycles. The fourth-order valence-corrected chi connectivity index (χ4v) is 4.74. The van der Waals surface area contributed by atoms with Gasteiger partial charge in [-0.1, -0.05) is 54.6 Å². The first kappa shape index (κ1) is 21.7. The largest absolute Gasteiger partial charge is 0.381 e. The molecule has 34 heavy (non-hydrogen) atoms. The molecule has 1 aliphatic rings. The van der Waals surface area contributed by atoms with E-state index in [1.807, 2.05) is 29.2 Å². The molecule has 0 fully saturated rings. The number of nitrogens with zero attached hydrogens (tertiary/aromatic N) is 2. The summed E-state index contributed by atoms with van der Waals surface area (Å²) in [5.41, 5.74) is 6.34. The van der Waals surface area contributed by atoms with Crippen LogP contribution in [-0.4, -0.2) is 12.5 Å². The lowest BCUT2D eigenvalue weighted by molar-refractivity contribution is -0.118. The highest BCUT2D eigenvalue weighted by atomic mass is 16.2. The van der Waals surface area contributed by atoms with Gasteiger partial charge in [0.1, 0.15) is 0 Å². The van der Waals surface area contributed by atoms with Crippen molar-refractivity contribution in [2.24, 2.45) is 0 Å². The fourth-order valence-electron chi connectivity index (χ4n) is 4.74. The minimum atomic E-state index is 0.154. The smallest absolute Gasteiger partial charge is 0.227 e. The van der Waals surface area contributed by atoms with Crippen LogP contribution in [0, 0.1) is 11.3 Å². The second-order valence-electron chi connectivity index (χ2n) is 8.79. The lowest BCUT2D eigenvalue weighted by Gasteiger charge is -2.30. The summed E-state index contributed by atoms with van der Waals surface area (Å²) in [5.74, 6) is 0.154. The summed E-state index contributed by atoms with van der Waals surface area (Å²) in [4.78, 5) is 15.0. The Morgan fingerprint density at radius 2 is 1.79 bits per heavy atom. The van der Waals surface area contributed by atoms with E-state index in [0.29, 0.717) is 18.4 Å². The number of nitrogens with one attached hydrogen (secondary N) is 1. The van der Waals surface area contributed by atoms with Gasteiger partial charge in [0, 0.05) is 30.9 Å². The van der Waals surface area contributed by atoms with Crippen LogP contribution in [0.2, 0.25) is 0 Å². The first-order chi connectivity index (χ1) is 16.7. The predicted molar refractivity (Wildman–Crippen MR) is 138 cm³/mol. The lowest BCUT2D eigenvalue weighted by atomic mass is 9.99. The van der Waals surface area contributed by atoms with Gasteiger partial charge in [-0.25, -0.2) is 0 Å². The number of anilines is 2. The molecular formula is C30H27N3O. The molecule has 0 saturated heterocycles. The number of carbonyl (C=O) groups excluding carboxylic acids is 1. The first-order valence-electron chi connectivity index (χ1n) is 11.8. The van der Waals surface area contributed by atoms with Gasteiger partial charge >= 0.3 is 0 Å². The molecule has 0 unspecified atom stereocenters. The molecule has 168 valence electrons. The normalized spacial score (nSPS) is 12.7. The van der Waals surface area contributed by atoms with E-state index in [1.165, 1.54) is 21.9 Å². The van der Waals surface area contributed by atoms with Gasteiger partial charge in [0.15, 0.2) is 0 Å². The van der Waals surface area contributed by atoms with E-state index in [0.717, 1.165) is 42.9 Å². The molecule has 4 aromatic rings. The highest BCUT2D eigenvalue weighted by molar-refractivity contribution is 5.95. The number of benzene rings is 4. The number of nitriles is 1. The molecule has 0 bridgehead atoms. The highest BCUT2D eigenvalue weighted by Crippen LogP contribution is 2.31. The van der Waals surface area contributed by atoms with Crippen molar-refractivity contribution in [3.05, 3.63) is 107 Å². The third-order valence-electron chi connectivity index (χ3n) is 6.57. The monoisotopic (exact) mass is 445 g/mol. The third kappa shape index (κ3) is 4.65. The average molecular weight is 446 g/mol. The van der Waals surface area contributed by atoms with Crippen molar-refractivity contribution in [3.63, 3.8) is 0 Å². The maximum Gasteiger partial charge on any atom is 0.227 e. The van der Waals surface area contributed by atoms with Crippen LogP contribution in [0.15, 0.2) is 84.9 Å². The molecule has 0 spiro atoms. The van der Waals surface area contributed by atoms with Crippen LogP contribution in [-0.2, 0) is 24.2 Å². The molecule has 1 amide bonds. The Balaban J connectivity index is 1.26. The molecule has 0 saturated carbocycles. The molecule has 4 aromatic carbocycles. The number of rotatable bonds is 6. The van der Waals surface area contributed by atoms with Crippen molar-refractivity contribution in [2.45, 2.75) is 32.2 Å². The zero-order valence-corrected chi connectivity index (χ0v) is 19.1. The van der Waals surface area contributed by atoms with Crippen LogP contribution >= 0.6 is 0 Å². The summed E-state index contributed by atoms with van der Waals surface area (Å²) >= 11 is 0. The van der Waals surface area contributed by atoms with E-state index < -0.39 is 0 Å². The standard InChI is InChI=1S/C30H27N3O/c31-20-23-12-10-22(11-13-23)14-17-30(34)33-18-4-8-25-19-27(15-16-29(25)33)32-21-26-7-3-6-24-5-1-2-9-28(24)26/h1-3,5-7,9-13,15-16,19,32H,4,8,14,17-18,21H2. The third-order valence-corrected chi connectivity index (χ3v) is 6.57. The van der Waals surface area contributed by atoms with Crippen LogP contribution in [0.25, 0.3) is 10.8 Å². The number of aryl methyl sites for hydroxylation is 2. The molecule has 5 rings (SSSR count). The van der Waals surface area contributed by atoms with Gasteiger partial charge in [-0.05, 0) is 77.1 Å². The number of hydrogen-bond acceptors (Lipinski definition) is 3. The van der Waals surface area contributed by atoms with Gasteiger partial charge in [-0.15, -0.1) is 0 Å². The van der Waals surface area contributed by atoms with E-state index in [9.17, 15) is 4.79 Å². The molecule has 4 heteroatoms. The molecule has 1 N–H and O–H groups in total. The Kier molecular flexibility index (Phi) is 6.27. The summed E-state index contributed by atoms with van der Waals surface area (Å²) < 4.78 is 0. The fraction of sp³-hybridized carbons (Fsp3) is 0.200. The van der Waals surface area contributed by atoms with Crippen molar-refractivity contribution in [1.82, 2.24) is 0 Å². The molecule has 1 heterocycles. The molecule has 1 aliphatic heterocycles. The summed E-state index contributed by atoms with van der Waals surface area (Å²) in [6.45, 7) is 1.52. The predicted octanol–water partition coefficient (Wildman–Crippen LogP) is 6.24. The maximum atomic E-state index is 13.0. The van der Waals surface area contributed by atoms with Crippen molar-refractivity contribution >= 4 is 28.1 Å². The lowest BCUT2D eigenvalue weighted by Crippen LogP contribution is -2.35. The Labute approximate surface area is 200 Å². The van der Waals surface area contributed by atoms with Gasteiger partial charge in [-0.3, -0.25) is 4.79 Å². The molecule has 4 nitrogen and oxygen atoms in total. The average Bonchev–Trinajstić information content (AvgIpc) is 2.90. The Morgan fingerprint density at radius 3 is 2.65 bits per heavy atom. The van der Waals surface area contributed by atoms with E-state index in [2.05, 4.69) is 72.0 Å². The van der Waals surface area contributed by atoms with Crippen LogP contribution in [0.5, 0.6) is 0 Å². The second-order valence-corrected chi connectivity index (χ2v) is 8.79. The second kappa shape index (κ2) is 9.80. The van der Waals surface area contributed by atoms with E-state index in [-0.39, 0.29) is 5.91 Å². The van der Waals surface area contributed by atoms with Gasteiger partial charge in [0.25, 0.3) is 0 Å². The van der Waals surface area contributed by atoms with Crippen LogP contribution in [0.4, 0.5) is 11.4 Å². The molecule has 0 radical (unpaired) electrons. The summed E-state index contributed by atoms with van der Waals surface area (Å²) in [6, 6.07) is 30.9. The molecule has 0 atom stereocenters. The zero-order chi connectivity index (χ0) is 23.3. The van der Waals surface area contributed by atoms with E-state index >= 15 is 0 Å². The summed E-state index contributed by atoms with van der Waals surface area (Å²) in [5, 5.41) is 15.0. The Morgan fingerprint density at radius 1 is 0.971 bits per heavy atom. The van der Waals surface area contributed by atoms with Crippen molar-refractivity contribution in [3.8, 4) is 6.07 Å². The maximum absolute atomic E-state index is 13.0. The van der Waals surface area contributed by atoms with Crippen molar-refractivity contribution < 1.29 is 4.79 Å². The number of amides is 1. The topological polar surface area (TPSA) is 56.1 Å². The SMILES string of the molecule is N#Cc1ccc(CCC(=O)N2CCCc3cc(NCc4cccc5ccccc45)ccc32)cc1. The number of carbonyl (C=O) groups is 1. The summed E-state index contributed by atoms with van der Waals surface area (Å²) in [7, 11) is 0. The van der Waals surface area contributed by atoms with E-state index in [4.69, 9.17) is 5.26 Å². The van der Waals surface area contributed by atoms with Crippen LogP contribution < -0.4 is 10.2 Å². The van der Waals surface area contributed by atoms with Crippen molar-refractivity contribution in [2.75, 3.05) is 16.8 Å². The minimum absolute atomic E-state index is 0.154.